The maximum Gasteiger partial charge on any atom is 0.310 e. The number of H-pyrrole nitrogens is 2. The molecule has 1 heterocycles. The van der Waals surface area contributed by atoms with Gasteiger partial charge in [0.2, 0.25) is 5.43 Å². The second-order valence-corrected chi connectivity index (χ2v) is 3.16. The number of aromatic amines is 2. The minimum atomic E-state index is -0.679. The van der Waals surface area contributed by atoms with Crippen LogP contribution in [0.1, 0.15) is 0 Å². The Morgan fingerprint density at radius 2 is 1.75 bits per heavy atom. The third-order valence-corrected chi connectivity index (χ3v) is 2.12. The molecule has 2 aromatic rings. The number of rotatable bonds is 1. The van der Waals surface area contributed by atoms with Crippen LogP contribution in [-0.4, -0.2) is 10.2 Å². The van der Waals surface area contributed by atoms with Crippen molar-refractivity contribution < 1.29 is 0 Å². The predicted octanol–water partition coefficient (Wildman–Crippen LogP) is 1.28. The molecule has 0 saturated carbocycles. The highest BCUT2D eigenvalue weighted by Crippen LogP contribution is 2.18. The normalized spacial score (nSPS) is 9.69. The molecule has 0 unspecified atom stereocenters. The highest BCUT2D eigenvalue weighted by Gasteiger charge is 2.00. The smallest absolute Gasteiger partial charge is 0.297 e. The number of hydrogen-bond donors (Lipinski definition) is 2. The molecule has 0 saturated heterocycles. The molecule has 2 N–H and O–H groups in total. The van der Waals surface area contributed by atoms with E-state index in [2.05, 4.69) is 15.0 Å². The van der Waals surface area contributed by atoms with Crippen LogP contribution >= 0.6 is 0 Å². The lowest BCUT2D eigenvalue weighted by atomic mass is 10.1. The van der Waals surface area contributed by atoms with Crippen molar-refractivity contribution in [1.82, 2.24) is 10.2 Å². The van der Waals surface area contributed by atoms with Gasteiger partial charge in [0, 0.05) is 6.07 Å². The Morgan fingerprint density at radius 1 is 1.06 bits per heavy atom. The molecule has 0 spiro atoms. The van der Waals surface area contributed by atoms with Crippen LogP contribution in [0.2, 0.25) is 0 Å². The third-order valence-electron chi connectivity index (χ3n) is 2.12. The largest absolute Gasteiger partial charge is 0.310 e. The zero-order valence-corrected chi connectivity index (χ0v) is 8.15. The van der Waals surface area contributed by atoms with Crippen LogP contribution in [0.15, 0.2) is 39.9 Å². The lowest BCUT2D eigenvalue weighted by molar-refractivity contribution is 0.979. The number of aromatic nitrogens is 2. The van der Waals surface area contributed by atoms with Crippen molar-refractivity contribution in [3.05, 3.63) is 62.3 Å². The highest BCUT2D eigenvalue weighted by molar-refractivity contribution is 5.62. The molecular weight excluding hydrogens is 206 g/mol. The molecule has 0 radical (unpaired) electrons. The highest BCUT2D eigenvalue weighted by atomic mass is 16.2. The Balaban J connectivity index is 2.51. The van der Waals surface area contributed by atoms with Crippen molar-refractivity contribution in [2.24, 2.45) is 0 Å². The molecule has 0 bridgehead atoms. The topological polar surface area (TPSA) is 70.1 Å². The molecule has 16 heavy (non-hydrogen) atoms. The minimum absolute atomic E-state index is 0.515. The van der Waals surface area contributed by atoms with E-state index in [1.54, 1.807) is 24.3 Å². The summed E-state index contributed by atoms with van der Waals surface area (Å²) in [4.78, 5) is 25.2. The molecule has 78 valence electrons. The summed E-state index contributed by atoms with van der Waals surface area (Å²) in [6.45, 7) is 6.80. The number of nitrogens with one attached hydrogen (secondary N) is 2. The molecule has 0 fully saturated rings. The molecule has 5 nitrogen and oxygen atoms in total. The molecule has 2 rings (SSSR count). The fraction of sp³-hybridized carbons (Fsp3) is 0. The summed E-state index contributed by atoms with van der Waals surface area (Å²) in [6, 6.07) is 7.93. The van der Waals surface area contributed by atoms with Gasteiger partial charge in [-0.25, -0.2) is 4.85 Å². The summed E-state index contributed by atoms with van der Waals surface area (Å²) in [7, 11) is 0. The monoisotopic (exact) mass is 213 g/mol. The summed E-state index contributed by atoms with van der Waals surface area (Å²) in [5.74, 6) is 0. The van der Waals surface area contributed by atoms with Gasteiger partial charge in [0.1, 0.15) is 0 Å². The fourth-order valence-corrected chi connectivity index (χ4v) is 1.29. The van der Waals surface area contributed by atoms with E-state index in [0.29, 0.717) is 11.4 Å². The summed E-state index contributed by atoms with van der Waals surface area (Å²) >= 11 is 0. The van der Waals surface area contributed by atoms with Crippen molar-refractivity contribution in [1.29, 1.82) is 0 Å². The Hall–Kier alpha value is -2.61. The lowest BCUT2D eigenvalue weighted by Gasteiger charge is -2.00. The molecule has 0 aliphatic carbocycles. The number of nitrogens with zero attached hydrogens (tertiary/aromatic N) is 1. The first-order chi connectivity index (χ1) is 7.70. The second kappa shape index (κ2) is 3.87. The zero-order valence-electron chi connectivity index (χ0n) is 8.15. The molecule has 5 heteroatoms. The van der Waals surface area contributed by atoms with Crippen LogP contribution in [0.5, 0.6) is 0 Å². The summed E-state index contributed by atoms with van der Waals surface area (Å²) in [5.41, 5.74) is 0.502. The first kappa shape index (κ1) is 9.93. The van der Waals surface area contributed by atoms with E-state index < -0.39 is 11.0 Å². The average molecular weight is 213 g/mol. The van der Waals surface area contributed by atoms with Crippen molar-refractivity contribution in [2.75, 3.05) is 0 Å². The van der Waals surface area contributed by atoms with Gasteiger partial charge in [-0.3, -0.25) is 19.8 Å². The minimum Gasteiger partial charge on any atom is -0.297 e. The predicted molar refractivity (Wildman–Crippen MR) is 59.4 cm³/mol. The average Bonchev–Trinajstić information content (AvgIpc) is 2.33. The standard InChI is InChI=1S/C11H7N3O2/c1-12-8-4-2-7(3-5-8)9-6-10(15)11(16)14-13-9/h2-6H,(H,13,15)(H,14,16). The maximum absolute atomic E-state index is 11.1. The second-order valence-electron chi connectivity index (χ2n) is 3.16. The summed E-state index contributed by atoms with van der Waals surface area (Å²) in [5, 5.41) is 4.86. The van der Waals surface area contributed by atoms with Crippen LogP contribution in [0.4, 0.5) is 5.69 Å². The van der Waals surface area contributed by atoms with Crippen LogP contribution < -0.4 is 11.0 Å². The van der Waals surface area contributed by atoms with Gasteiger partial charge in [-0.05, 0) is 5.56 Å². The molecule has 0 aliphatic rings. The maximum atomic E-state index is 11.1. The van der Waals surface area contributed by atoms with Gasteiger partial charge in [0.15, 0.2) is 5.69 Å². The lowest BCUT2D eigenvalue weighted by Crippen LogP contribution is -2.26. The van der Waals surface area contributed by atoms with Crippen LogP contribution in [-0.2, 0) is 0 Å². The summed E-state index contributed by atoms with van der Waals surface area (Å²) < 4.78 is 0. The van der Waals surface area contributed by atoms with Crippen LogP contribution in [0.25, 0.3) is 16.1 Å². The van der Waals surface area contributed by atoms with E-state index in [-0.39, 0.29) is 0 Å². The molecule has 0 atom stereocenters. The molecule has 1 aromatic carbocycles. The van der Waals surface area contributed by atoms with Gasteiger partial charge in [0.25, 0.3) is 0 Å². The number of hydrogen-bond acceptors (Lipinski definition) is 2. The van der Waals surface area contributed by atoms with Gasteiger partial charge >= 0.3 is 5.56 Å². The third kappa shape index (κ3) is 1.77. The molecular formula is C11H7N3O2. The zero-order chi connectivity index (χ0) is 11.5. The van der Waals surface area contributed by atoms with Crippen molar-refractivity contribution >= 4 is 5.69 Å². The Labute approximate surface area is 90.2 Å². The quantitative estimate of drug-likeness (QED) is 0.553. The molecule has 0 amide bonds. The van der Waals surface area contributed by atoms with Gasteiger partial charge in [-0.15, -0.1) is 0 Å². The van der Waals surface area contributed by atoms with Crippen molar-refractivity contribution in [3.63, 3.8) is 0 Å². The number of benzene rings is 1. The van der Waals surface area contributed by atoms with E-state index in [4.69, 9.17) is 6.57 Å². The summed E-state index contributed by atoms with van der Waals surface area (Å²) in [6.07, 6.45) is 0. The van der Waals surface area contributed by atoms with Gasteiger partial charge in [0.05, 0.1) is 12.3 Å². The van der Waals surface area contributed by atoms with Gasteiger partial charge in [-0.2, -0.15) is 0 Å². The van der Waals surface area contributed by atoms with Crippen LogP contribution in [0, 0.1) is 6.57 Å². The van der Waals surface area contributed by atoms with E-state index >= 15 is 0 Å². The fourth-order valence-electron chi connectivity index (χ4n) is 1.29. The van der Waals surface area contributed by atoms with E-state index in [9.17, 15) is 9.59 Å². The first-order valence-electron chi connectivity index (χ1n) is 4.50. The van der Waals surface area contributed by atoms with E-state index in [1.165, 1.54) is 6.07 Å². The first-order valence-corrected chi connectivity index (χ1v) is 4.50. The Kier molecular flexibility index (Phi) is 2.40. The Morgan fingerprint density at radius 3 is 2.31 bits per heavy atom. The molecule has 0 aliphatic heterocycles. The SMILES string of the molecule is [C-]#[N+]c1ccc(-c2cc(=O)c(=O)[nH][nH]2)cc1. The van der Waals surface area contributed by atoms with Crippen molar-refractivity contribution in [3.8, 4) is 11.3 Å². The van der Waals surface area contributed by atoms with E-state index in [0.717, 1.165) is 5.56 Å². The van der Waals surface area contributed by atoms with Gasteiger partial charge < -0.3 is 0 Å². The van der Waals surface area contributed by atoms with E-state index in [1.807, 2.05) is 0 Å². The van der Waals surface area contributed by atoms with Crippen LogP contribution in [0.3, 0.4) is 0 Å². The van der Waals surface area contributed by atoms with Gasteiger partial charge in [-0.1, -0.05) is 24.3 Å². The van der Waals surface area contributed by atoms with Crippen molar-refractivity contribution in [2.45, 2.75) is 0 Å². The molecule has 1 aromatic heterocycles. The Bertz CT molecular complexity index is 659.